The molecular formula is C18H33IN6O. The molecule has 1 N–H and O–H groups in total. The van der Waals surface area contributed by atoms with Gasteiger partial charge >= 0.3 is 0 Å². The van der Waals surface area contributed by atoms with Crippen LogP contribution in [0, 0.1) is 0 Å². The monoisotopic (exact) mass is 476 g/mol. The van der Waals surface area contributed by atoms with Crippen molar-refractivity contribution in [3.63, 3.8) is 0 Å². The van der Waals surface area contributed by atoms with E-state index in [1.807, 2.05) is 17.9 Å². The number of nitrogens with zero attached hydrogens (tertiary/aromatic N) is 5. The second-order valence-corrected chi connectivity index (χ2v) is 6.90. The summed E-state index contributed by atoms with van der Waals surface area (Å²) in [5.41, 5.74) is 1.29. The van der Waals surface area contributed by atoms with Crippen LogP contribution < -0.4 is 5.32 Å². The maximum absolute atomic E-state index is 5.48. The average Bonchev–Trinajstić information content (AvgIpc) is 3.28. The van der Waals surface area contributed by atoms with E-state index in [1.165, 1.54) is 12.0 Å². The van der Waals surface area contributed by atoms with E-state index in [4.69, 9.17) is 9.73 Å². The normalized spacial score (nSPS) is 21.7. The quantitative estimate of drug-likeness (QED) is 0.291. The Morgan fingerprint density at radius 1 is 1.35 bits per heavy atom. The maximum atomic E-state index is 5.48. The Bertz CT molecular complexity index is 558. The third-order valence-electron chi connectivity index (χ3n) is 5.00. The van der Waals surface area contributed by atoms with E-state index in [-0.39, 0.29) is 24.0 Å². The number of nitrogens with one attached hydrogen (secondary N) is 1. The Labute approximate surface area is 174 Å². The minimum atomic E-state index is 0. The van der Waals surface area contributed by atoms with Crippen molar-refractivity contribution >= 4 is 29.9 Å². The van der Waals surface area contributed by atoms with Crippen molar-refractivity contribution in [3.8, 4) is 0 Å². The molecule has 2 fully saturated rings. The Morgan fingerprint density at radius 3 is 2.85 bits per heavy atom. The van der Waals surface area contributed by atoms with Gasteiger partial charge in [0.25, 0.3) is 0 Å². The van der Waals surface area contributed by atoms with Crippen LogP contribution in [0.4, 0.5) is 0 Å². The number of hydrogen-bond donors (Lipinski definition) is 1. The first-order chi connectivity index (χ1) is 12.3. The van der Waals surface area contributed by atoms with Crippen LogP contribution in [0.2, 0.25) is 0 Å². The van der Waals surface area contributed by atoms with Gasteiger partial charge in [-0.15, -0.1) is 24.0 Å². The molecule has 1 aromatic heterocycles. The first-order valence-electron chi connectivity index (χ1n) is 9.59. The molecule has 1 aromatic rings. The number of guanidine groups is 1. The minimum absolute atomic E-state index is 0. The van der Waals surface area contributed by atoms with Gasteiger partial charge in [-0.05, 0) is 31.7 Å². The number of aromatic nitrogens is 2. The Morgan fingerprint density at radius 2 is 2.15 bits per heavy atom. The molecule has 3 rings (SSSR count). The fraction of sp³-hybridized carbons (Fsp3) is 0.778. The van der Waals surface area contributed by atoms with Crippen molar-refractivity contribution in [2.24, 2.45) is 12.0 Å². The van der Waals surface area contributed by atoms with Gasteiger partial charge in [0.15, 0.2) is 5.96 Å². The molecule has 0 saturated carbocycles. The molecule has 0 bridgehead atoms. The zero-order valence-corrected chi connectivity index (χ0v) is 18.4. The number of hydrogen-bond acceptors (Lipinski definition) is 4. The molecule has 1 atom stereocenters. The van der Waals surface area contributed by atoms with Gasteiger partial charge in [0.05, 0.1) is 19.4 Å². The second-order valence-electron chi connectivity index (χ2n) is 6.90. The van der Waals surface area contributed by atoms with Gasteiger partial charge in [0.2, 0.25) is 0 Å². The fourth-order valence-electron chi connectivity index (χ4n) is 3.67. The van der Waals surface area contributed by atoms with Gasteiger partial charge < -0.3 is 15.0 Å². The molecular weight excluding hydrogens is 443 g/mol. The molecule has 0 aliphatic carbocycles. The summed E-state index contributed by atoms with van der Waals surface area (Å²) >= 11 is 0. The molecule has 0 spiro atoms. The molecule has 0 aromatic carbocycles. The lowest BCUT2D eigenvalue weighted by molar-refractivity contribution is 0.0195. The van der Waals surface area contributed by atoms with Crippen LogP contribution in [0.3, 0.4) is 0 Å². The molecule has 26 heavy (non-hydrogen) atoms. The number of halogens is 1. The lowest BCUT2D eigenvalue weighted by atomic mass is 10.2. The molecule has 148 valence electrons. The van der Waals surface area contributed by atoms with Crippen LogP contribution in [0.25, 0.3) is 0 Å². The third kappa shape index (κ3) is 6.09. The third-order valence-corrected chi connectivity index (χ3v) is 5.00. The molecule has 2 aliphatic heterocycles. The van der Waals surface area contributed by atoms with E-state index in [0.29, 0.717) is 6.04 Å². The van der Waals surface area contributed by atoms with Crippen molar-refractivity contribution < 1.29 is 4.74 Å². The summed E-state index contributed by atoms with van der Waals surface area (Å²) in [7, 11) is 1.96. The van der Waals surface area contributed by atoms with Crippen LogP contribution >= 0.6 is 24.0 Å². The van der Waals surface area contributed by atoms with E-state index >= 15 is 0 Å². The van der Waals surface area contributed by atoms with E-state index in [2.05, 4.69) is 33.3 Å². The second kappa shape index (κ2) is 11.1. The van der Waals surface area contributed by atoms with Gasteiger partial charge in [-0.25, -0.2) is 0 Å². The van der Waals surface area contributed by atoms with E-state index in [0.717, 1.165) is 71.3 Å². The Hall–Kier alpha value is -0.870. The topological polar surface area (TPSA) is 57.9 Å². The van der Waals surface area contributed by atoms with Crippen molar-refractivity contribution in [2.75, 3.05) is 52.5 Å². The zero-order chi connectivity index (χ0) is 17.5. The number of likely N-dealkylation sites (tertiary alicyclic amines) is 1. The molecule has 8 heteroatoms. The van der Waals surface area contributed by atoms with Crippen LogP contribution in [-0.2, 0) is 18.2 Å². The minimum Gasteiger partial charge on any atom is -0.379 e. The number of aryl methyl sites for hydroxylation is 2. The number of ether oxygens (including phenoxy) is 1. The molecule has 0 radical (unpaired) electrons. The molecule has 3 heterocycles. The summed E-state index contributed by atoms with van der Waals surface area (Å²) < 4.78 is 7.34. The predicted octanol–water partition coefficient (Wildman–Crippen LogP) is 1.34. The summed E-state index contributed by atoms with van der Waals surface area (Å²) in [4.78, 5) is 9.86. The van der Waals surface area contributed by atoms with Crippen LogP contribution in [0.1, 0.15) is 25.3 Å². The van der Waals surface area contributed by atoms with E-state index < -0.39 is 0 Å². The highest BCUT2D eigenvalue weighted by atomic mass is 127. The SMILES string of the molecule is CCNC(=NCCCc1cnn(C)c1)N1CCC(N2CCOCC2)C1.I. The molecule has 7 nitrogen and oxygen atoms in total. The Balaban J connectivity index is 0.00000243. The highest BCUT2D eigenvalue weighted by Crippen LogP contribution is 2.17. The van der Waals surface area contributed by atoms with Crippen molar-refractivity contribution in [1.82, 2.24) is 24.9 Å². The van der Waals surface area contributed by atoms with Gasteiger partial charge in [-0.2, -0.15) is 5.10 Å². The van der Waals surface area contributed by atoms with Crippen molar-refractivity contribution in [3.05, 3.63) is 18.0 Å². The summed E-state index contributed by atoms with van der Waals surface area (Å²) in [6.45, 7) is 9.97. The van der Waals surface area contributed by atoms with Crippen LogP contribution in [-0.4, -0.2) is 84.1 Å². The van der Waals surface area contributed by atoms with Gasteiger partial charge in [-0.3, -0.25) is 14.6 Å². The highest BCUT2D eigenvalue weighted by molar-refractivity contribution is 14.0. The summed E-state index contributed by atoms with van der Waals surface area (Å²) in [5.74, 6) is 1.07. The first kappa shape index (κ1) is 21.4. The smallest absolute Gasteiger partial charge is 0.193 e. The van der Waals surface area contributed by atoms with E-state index in [1.54, 1.807) is 0 Å². The zero-order valence-electron chi connectivity index (χ0n) is 16.1. The van der Waals surface area contributed by atoms with Gasteiger partial charge in [0, 0.05) is 58.6 Å². The lowest BCUT2D eigenvalue weighted by Gasteiger charge is -2.32. The van der Waals surface area contributed by atoms with Crippen LogP contribution in [0.15, 0.2) is 17.4 Å². The summed E-state index contributed by atoms with van der Waals surface area (Å²) in [6.07, 6.45) is 7.35. The maximum Gasteiger partial charge on any atom is 0.193 e. The largest absolute Gasteiger partial charge is 0.379 e. The predicted molar refractivity (Wildman–Crippen MR) is 115 cm³/mol. The number of morpholine rings is 1. The standard InChI is InChI=1S/C18H32N6O.HI/c1-3-19-18(20-7-4-5-16-13-21-22(2)14-16)24-8-6-17(15-24)23-9-11-25-12-10-23;/h13-14,17H,3-12,15H2,1-2H3,(H,19,20);1H. The highest BCUT2D eigenvalue weighted by Gasteiger charge is 2.30. The van der Waals surface area contributed by atoms with Crippen LogP contribution in [0.5, 0.6) is 0 Å². The Kier molecular flexibility index (Phi) is 9.13. The van der Waals surface area contributed by atoms with Gasteiger partial charge in [-0.1, -0.05) is 0 Å². The molecule has 1 unspecified atom stereocenters. The molecule has 2 saturated heterocycles. The first-order valence-corrected chi connectivity index (χ1v) is 9.59. The summed E-state index contributed by atoms with van der Waals surface area (Å²) in [5, 5.41) is 7.69. The molecule has 2 aliphatic rings. The van der Waals surface area contributed by atoms with E-state index in [9.17, 15) is 0 Å². The molecule has 0 amide bonds. The number of rotatable bonds is 6. The van der Waals surface area contributed by atoms with Crippen molar-refractivity contribution in [2.45, 2.75) is 32.2 Å². The average molecular weight is 476 g/mol. The van der Waals surface area contributed by atoms with Crippen molar-refractivity contribution in [1.29, 1.82) is 0 Å². The fourth-order valence-corrected chi connectivity index (χ4v) is 3.67. The summed E-state index contributed by atoms with van der Waals surface area (Å²) in [6, 6.07) is 0.642. The number of aliphatic imine (C=N–C) groups is 1. The van der Waals surface area contributed by atoms with Gasteiger partial charge in [0.1, 0.15) is 0 Å². The lowest BCUT2D eigenvalue weighted by Crippen LogP contribution is -2.46.